The van der Waals surface area contributed by atoms with Gasteiger partial charge >= 0.3 is 0 Å². The molecular formula is C19H17FN4O3. The lowest BCUT2D eigenvalue weighted by Crippen LogP contribution is -2.33. The summed E-state index contributed by atoms with van der Waals surface area (Å²) in [5, 5.41) is 6.92. The number of halogens is 1. The van der Waals surface area contributed by atoms with E-state index in [0.717, 1.165) is 0 Å². The van der Waals surface area contributed by atoms with Crippen molar-refractivity contribution in [1.29, 1.82) is 0 Å². The molecule has 0 aliphatic carbocycles. The van der Waals surface area contributed by atoms with Gasteiger partial charge in [-0.1, -0.05) is 12.1 Å². The Morgan fingerprint density at radius 1 is 1.22 bits per heavy atom. The van der Waals surface area contributed by atoms with E-state index in [1.807, 2.05) is 0 Å². The summed E-state index contributed by atoms with van der Waals surface area (Å²) in [4.78, 5) is 23.5. The summed E-state index contributed by atoms with van der Waals surface area (Å²) < 4.78 is 19.9. The van der Waals surface area contributed by atoms with E-state index in [0.29, 0.717) is 22.7 Å². The lowest BCUT2D eigenvalue weighted by atomic mass is 10.1. The molecule has 0 fully saturated rings. The normalized spacial score (nSPS) is 10.4. The van der Waals surface area contributed by atoms with Gasteiger partial charge in [0.05, 0.1) is 24.9 Å². The van der Waals surface area contributed by atoms with E-state index in [4.69, 9.17) is 10.5 Å². The van der Waals surface area contributed by atoms with E-state index in [9.17, 15) is 14.0 Å². The molecule has 0 bridgehead atoms. The maximum absolute atomic E-state index is 13.2. The number of methoxy groups -OCH3 is 1. The van der Waals surface area contributed by atoms with Crippen molar-refractivity contribution in [1.82, 2.24) is 15.1 Å². The number of nitrogens with one attached hydrogen (secondary N) is 1. The molecule has 0 spiro atoms. The smallest absolute Gasteiger partial charge is 0.255 e. The summed E-state index contributed by atoms with van der Waals surface area (Å²) in [6.45, 7) is -0.294. The Labute approximate surface area is 154 Å². The molecule has 0 aliphatic rings. The number of aromatic nitrogens is 2. The number of ether oxygens (including phenoxy) is 1. The van der Waals surface area contributed by atoms with E-state index in [1.165, 1.54) is 30.1 Å². The molecule has 2 aromatic carbocycles. The van der Waals surface area contributed by atoms with Crippen LogP contribution in [0, 0.1) is 5.82 Å². The molecule has 0 unspecified atom stereocenters. The Morgan fingerprint density at radius 2 is 1.96 bits per heavy atom. The average Bonchev–Trinajstić information content (AvgIpc) is 3.12. The second-order valence-electron chi connectivity index (χ2n) is 5.69. The molecule has 1 aromatic heterocycles. The lowest BCUT2D eigenvalue weighted by Gasteiger charge is -2.05. The fourth-order valence-corrected chi connectivity index (χ4v) is 2.51. The van der Waals surface area contributed by atoms with Gasteiger partial charge in [0, 0.05) is 11.8 Å². The van der Waals surface area contributed by atoms with Crippen molar-refractivity contribution in [3.05, 3.63) is 66.1 Å². The molecule has 27 heavy (non-hydrogen) atoms. The molecule has 138 valence electrons. The summed E-state index contributed by atoms with van der Waals surface area (Å²) in [6.07, 6.45) is 1.51. The van der Waals surface area contributed by atoms with Gasteiger partial charge in [-0.3, -0.25) is 9.59 Å². The van der Waals surface area contributed by atoms with E-state index in [2.05, 4.69) is 10.4 Å². The van der Waals surface area contributed by atoms with Crippen LogP contribution in [0.1, 0.15) is 10.4 Å². The zero-order valence-electron chi connectivity index (χ0n) is 14.5. The minimum Gasteiger partial charge on any atom is -0.497 e. The zero-order valence-corrected chi connectivity index (χ0v) is 14.5. The second kappa shape index (κ2) is 7.69. The maximum Gasteiger partial charge on any atom is 0.255 e. The first kappa shape index (κ1) is 18.1. The van der Waals surface area contributed by atoms with Crippen LogP contribution in [0.15, 0.2) is 54.7 Å². The number of hydrogen-bond acceptors (Lipinski definition) is 4. The molecule has 0 aliphatic heterocycles. The highest BCUT2D eigenvalue weighted by Crippen LogP contribution is 2.27. The van der Waals surface area contributed by atoms with Gasteiger partial charge in [-0.15, -0.1) is 0 Å². The molecule has 0 saturated carbocycles. The first-order valence-electron chi connectivity index (χ1n) is 8.04. The maximum atomic E-state index is 13.2. The largest absolute Gasteiger partial charge is 0.497 e. The first-order valence-corrected chi connectivity index (χ1v) is 8.04. The molecule has 3 rings (SSSR count). The summed E-state index contributed by atoms with van der Waals surface area (Å²) in [7, 11) is 1.54. The van der Waals surface area contributed by atoms with Crippen LogP contribution in [0.5, 0.6) is 5.75 Å². The zero-order chi connectivity index (χ0) is 19.4. The van der Waals surface area contributed by atoms with Gasteiger partial charge in [-0.25, -0.2) is 9.07 Å². The van der Waals surface area contributed by atoms with E-state index >= 15 is 0 Å². The quantitative estimate of drug-likeness (QED) is 0.694. The number of amides is 2. The van der Waals surface area contributed by atoms with Gasteiger partial charge < -0.3 is 15.8 Å². The highest BCUT2D eigenvalue weighted by atomic mass is 19.1. The third-order valence-corrected chi connectivity index (χ3v) is 3.82. The minimum absolute atomic E-state index is 0.244. The molecular weight excluding hydrogens is 351 g/mol. The number of carbonyl (C=O) groups excluding carboxylic acids is 2. The standard InChI is InChI=1S/C19H17FN4O3/c1-27-15-4-2-3-12(9-15)18-16(19(26)22-10-17(21)25)11-24(23-18)14-7-5-13(20)6-8-14/h2-9,11H,10H2,1H3,(H2,21,25)(H,22,26). The van der Waals surface area contributed by atoms with Crippen LogP contribution in [-0.2, 0) is 4.79 Å². The molecule has 0 saturated heterocycles. The number of nitrogens with two attached hydrogens (primary N) is 1. The fourth-order valence-electron chi connectivity index (χ4n) is 2.51. The summed E-state index contributed by atoms with van der Waals surface area (Å²) in [5.74, 6) is -0.928. The SMILES string of the molecule is COc1cccc(-c2nn(-c3ccc(F)cc3)cc2C(=O)NCC(N)=O)c1. The van der Waals surface area contributed by atoms with Crippen LogP contribution >= 0.6 is 0 Å². The van der Waals surface area contributed by atoms with Gasteiger partial charge in [-0.05, 0) is 36.4 Å². The van der Waals surface area contributed by atoms with Crippen molar-refractivity contribution in [2.45, 2.75) is 0 Å². The average molecular weight is 368 g/mol. The van der Waals surface area contributed by atoms with Crippen molar-refractivity contribution in [2.75, 3.05) is 13.7 Å². The molecule has 0 radical (unpaired) electrons. The van der Waals surface area contributed by atoms with Gasteiger partial charge in [0.1, 0.15) is 17.3 Å². The monoisotopic (exact) mass is 368 g/mol. The number of rotatable bonds is 6. The fraction of sp³-hybridized carbons (Fsp3) is 0.105. The van der Waals surface area contributed by atoms with Crippen LogP contribution in [0.2, 0.25) is 0 Å². The van der Waals surface area contributed by atoms with Gasteiger partial charge in [0.25, 0.3) is 5.91 Å². The summed E-state index contributed by atoms with van der Waals surface area (Å²) >= 11 is 0. The number of primary amides is 1. The Kier molecular flexibility index (Phi) is 5.16. The molecule has 1 heterocycles. The Hall–Kier alpha value is -3.68. The lowest BCUT2D eigenvalue weighted by molar-refractivity contribution is -0.117. The third kappa shape index (κ3) is 4.12. The summed E-state index contributed by atoms with van der Waals surface area (Å²) in [5.41, 5.74) is 6.95. The van der Waals surface area contributed by atoms with Gasteiger partial charge in [-0.2, -0.15) is 5.10 Å². The van der Waals surface area contributed by atoms with E-state index in [1.54, 1.807) is 36.4 Å². The number of benzene rings is 2. The van der Waals surface area contributed by atoms with Crippen molar-refractivity contribution < 1.29 is 18.7 Å². The predicted molar refractivity (Wildman–Crippen MR) is 97.0 cm³/mol. The molecule has 3 aromatic rings. The molecule has 3 N–H and O–H groups in total. The van der Waals surface area contributed by atoms with Crippen LogP contribution in [0.25, 0.3) is 16.9 Å². The van der Waals surface area contributed by atoms with Crippen LogP contribution in [0.3, 0.4) is 0 Å². The number of carbonyl (C=O) groups is 2. The summed E-state index contributed by atoms with van der Waals surface area (Å²) in [6, 6.07) is 12.8. The van der Waals surface area contributed by atoms with Gasteiger partial charge in [0.15, 0.2) is 0 Å². The van der Waals surface area contributed by atoms with Crippen LogP contribution in [0.4, 0.5) is 4.39 Å². The van der Waals surface area contributed by atoms with Crippen LogP contribution in [-0.4, -0.2) is 35.2 Å². The van der Waals surface area contributed by atoms with Crippen LogP contribution < -0.4 is 15.8 Å². The van der Waals surface area contributed by atoms with Gasteiger partial charge in [0.2, 0.25) is 5.91 Å². The predicted octanol–water partition coefficient (Wildman–Crippen LogP) is 1.90. The van der Waals surface area contributed by atoms with E-state index in [-0.39, 0.29) is 17.9 Å². The highest BCUT2D eigenvalue weighted by Gasteiger charge is 2.19. The molecule has 7 nitrogen and oxygen atoms in total. The molecule has 8 heteroatoms. The highest BCUT2D eigenvalue weighted by molar-refractivity contribution is 6.01. The third-order valence-electron chi connectivity index (χ3n) is 3.82. The molecule has 2 amide bonds. The topological polar surface area (TPSA) is 99.2 Å². The van der Waals surface area contributed by atoms with Crippen molar-refractivity contribution in [2.24, 2.45) is 5.73 Å². The van der Waals surface area contributed by atoms with E-state index < -0.39 is 11.8 Å². The Balaban J connectivity index is 2.06. The minimum atomic E-state index is -0.655. The first-order chi connectivity index (χ1) is 13.0. The number of hydrogen-bond donors (Lipinski definition) is 2. The van der Waals surface area contributed by atoms with Crippen molar-refractivity contribution in [3.8, 4) is 22.7 Å². The van der Waals surface area contributed by atoms with Crippen molar-refractivity contribution >= 4 is 11.8 Å². The van der Waals surface area contributed by atoms with Crippen molar-refractivity contribution in [3.63, 3.8) is 0 Å². The second-order valence-corrected chi connectivity index (χ2v) is 5.69. The number of nitrogens with zero attached hydrogens (tertiary/aromatic N) is 2. The Morgan fingerprint density at radius 3 is 2.63 bits per heavy atom. The molecule has 0 atom stereocenters. The Bertz CT molecular complexity index is 983.